The van der Waals surface area contributed by atoms with Crippen LogP contribution >= 0.6 is 0 Å². The van der Waals surface area contributed by atoms with Crippen LogP contribution in [0.25, 0.3) is 10.9 Å². The van der Waals surface area contributed by atoms with Gasteiger partial charge >= 0.3 is 12.3 Å². The van der Waals surface area contributed by atoms with Crippen molar-refractivity contribution in [3.8, 4) is 5.75 Å². The Morgan fingerprint density at radius 2 is 1.59 bits per heavy atom. The van der Waals surface area contributed by atoms with Crippen molar-refractivity contribution < 1.29 is 37.3 Å². The number of aryl methyl sites for hydroxylation is 1. The molecule has 0 atom stereocenters. The number of benzene rings is 3. The van der Waals surface area contributed by atoms with Crippen LogP contribution < -0.4 is 4.74 Å². The summed E-state index contributed by atoms with van der Waals surface area (Å²) in [7, 11) is 0. The molecule has 9 heteroatoms. The molecule has 0 aliphatic heterocycles. The lowest BCUT2D eigenvalue weighted by Gasteiger charge is -2.20. The molecule has 204 valence electrons. The Bertz CT molecular complexity index is 1530. The van der Waals surface area contributed by atoms with Gasteiger partial charge in [0.1, 0.15) is 5.75 Å². The van der Waals surface area contributed by atoms with Gasteiger partial charge in [-0.3, -0.25) is 4.79 Å². The van der Waals surface area contributed by atoms with E-state index in [-0.39, 0.29) is 24.7 Å². The van der Waals surface area contributed by atoms with Gasteiger partial charge < -0.3 is 19.1 Å². The van der Waals surface area contributed by atoms with Crippen LogP contribution in [0.5, 0.6) is 5.75 Å². The Hall–Kier alpha value is -4.11. The van der Waals surface area contributed by atoms with Crippen LogP contribution in [0.15, 0.2) is 66.7 Å². The lowest BCUT2D eigenvalue weighted by atomic mass is 9.99. The molecule has 0 spiro atoms. The number of carbonyl (C=O) groups excluding carboxylic acids is 1. The molecule has 0 aliphatic rings. The SMILES string of the molecule is Cc1ccc(C(=O)c2c(C)n(Cc3cccc(COC(C)(C)C(=O)O)c3)c3cc(OC(F)(F)F)ccc23)cc1. The Labute approximate surface area is 223 Å². The van der Waals surface area contributed by atoms with Crippen LogP contribution in [-0.4, -0.2) is 33.4 Å². The average Bonchev–Trinajstić information content (AvgIpc) is 3.12. The van der Waals surface area contributed by atoms with Gasteiger partial charge in [-0.15, -0.1) is 13.2 Å². The first-order valence-corrected chi connectivity index (χ1v) is 12.2. The van der Waals surface area contributed by atoms with Crippen LogP contribution in [0.3, 0.4) is 0 Å². The number of nitrogens with zero attached hydrogens (tertiary/aromatic N) is 1. The molecule has 3 aromatic carbocycles. The Kier molecular flexibility index (Phi) is 7.57. The number of ether oxygens (including phenoxy) is 2. The van der Waals surface area contributed by atoms with E-state index in [9.17, 15) is 27.9 Å². The molecule has 0 saturated carbocycles. The lowest BCUT2D eigenvalue weighted by Crippen LogP contribution is -2.34. The highest BCUT2D eigenvalue weighted by Gasteiger charge is 2.32. The quantitative estimate of drug-likeness (QED) is 0.236. The maximum atomic E-state index is 13.6. The van der Waals surface area contributed by atoms with Crippen LogP contribution in [0, 0.1) is 13.8 Å². The summed E-state index contributed by atoms with van der Waals surface area (Å²) in [5, 5.41) is 9.81. The van der Waals surface area contributed by atoms with Crippen LogP contribution in [0.4, 0.5) is 13.2 Å². The number of rotatable bonds is 9. The van der Waals surface area contributed by atoms with Gasteiger partial charge in [0.2, 0.25) is 0 Å². The van der Waals surface area contributed by atoms with Crippen LogP contribution in [-0.2, 0) is 22.7 Å². The molecule has 0 unspecified atom stereocenters. The van der Waals surface area contributed by atoms with E-state index in [1.807, 2.05) is 31.2 Å². The number of alkyl halides is 3. The molecule has 6 nitrogen and oxygen atoms in total. The number of halogens is 3. The summed E-state index contributed by atoms with van der Waals surface area (Å²) in [6.45, 7) is 6.89. The maximum absolute atomic E-state index is 13.6. The average molecular weight is 540 g/mol. The zero-order valence-corrected chi connectivity index (χ0v) is 21.9. The van der Waals surface area contributed by atoms with E-state index in [1.165, 1.54) is 32.0 Å². The van der Waals surface area contributed by atoms with Crippen molar-refractivity contribution in [3.05, 3.63) is 100 Å². The van der Waals surface area contributed by atoms with E-state index in [1.54, 1.807) is 35.8 Å². The molecule has 0 saturated heterocycles. The van der Waals surface area contributed by atoms with Crippen molar-refractivity contribution in [2.45, 2.75) is 52.8 Å². The minimum absolute atomic E-state index is 0.0548. The molecule has 0 fully saturated rings. The largest absolute Gasteiger partial charge is 0.573 e. The number of aliphatic carboxylic acids is 1. The van der Waals surface area contributed by atoms with Gasteiger partial charge in [0.25, 0.3) is 0 Å². The highest BCUT2D eigenvalue weighted by molar-refractivity contribution is 6.17. The van der Waals surface area contributed by atoms with Crippen molar-refractivity contribution in [3.63, 3.8) is 0 Å². The van der Waals surface area contributed by atoms with Crippen molar-refractivity contribution in [2.75, 3.05) is 0 Å². The molecule has 39 heavy (non-hydrogen) atoms. The summed E-state index contributed by atoms with van der Waals surface area (Å²) in [6.07, 6.45) is -4.86. The Balaban J connectivity index is 1.76. The first-order valence-electron chi connectivity index (χ1n) is 12.2. The maximum Gasteiger partial charge on any atom is 0.573 e. The fourth-order valence-corrected chi connectivity index (χ4v) is 4.32. The lowest BCUT2D eigenvalue weighted by molar-refractivity contribution is -0.274. The number of carbonyl (C=O) groups is 2. The zero-order valence-electron chi connectivity index (χ0n) is 21.9. The van der Waals surface area contributed by atoms with E-state index in [2.05, 4.69) is 4.74 Å². The summed E-state index contributed by atoms with van der Waals surface area (Å²) in [5.74, 6) is -1.71. The number of hydrogen-bond donors (Lipinski definition) is 1. The number of hydrogen-bond acceptors (Lipinski definition) is 4. The molecule has 1 aromatic heterocycles. The van der Waals surface area contributed by atoms with Crippen molar-refractivity contribution in [1.29, 1.82) is 0 Å². The number of aromatic nitrogens is 1. The number of carboxylic acids is 1. The molecule has 0 bridgehead atoms. The summed E-state index contributed by atoms with van der Waals surface area (Å²) in [6, 6.07) is 18.3. The highest BCUT2D eigenvalue weighted by atomic mass is 19.4. The number of fused-ring (bicyclic) bond motifs is 1. The minimum Gasteiger partial charge on any atom is -0.479 e. The topological polar surface area (TPSA) is 77.8 Å². The highest BCUT2D eigenvalue weighted by Crippen LogP contribution is 2.33. The minimum atomic E-state index is -4.86. The third-order valence-corrected chi connectivity index (χ3v) is 6.52. The Morgan fingerprint density at radius 1 is 0.923 bits per heavy atom. The van der Waals surface area contributed by atoms with Crippen LogP contribution in [0.2, 0.25) is 0 Å². The van der Waals surface area contributed by atoms with Gasteiger partial charge in [-0.1, -0.05) is 54.1 Å². The summed E-state index contributed by atoms with van der Waals surface area (Å²) < 4.78 is 50.4. The first-order chi connectivity index (χ1) is 18.2. The van der Waals surface area contributed by atoms with Crippen molar-refractivity contribution >= 4 is 22.7 Å². The second-order valence-electron chi connectivity index (χ2n) is 9.89. The molecular formula is C30H28F3NO5. The predicted molar refractivity (Wildman–Crippen MR) is 140 cm³/mol. The van der Waals surface area contributed by atoms with Crippen molar-refractivity contribution in [2.24, 2.45) is 0 Å². The third-order valence-electron chi connectivity index (χ3n) is 6.52. The van der Waals surface area contributed by atoms with Crippen LogP contribution in [0.1, 0.15) is 52.2 Å². The van der Waals surface area contributed by atoms with E-state index < -0.39 is 17.9 Å². The van der Waals surface area contributed by atoms with Gasteiger partial charge in [0.15, 0.2) is 11.4 Å². The fraction of sp³-hybridized carbons (Fsp3) is 0.267. The number of carboxylic acid groups (broad SMARTS) is 1. The Morgan fingerprint density at radius 3 is 2.23 bits per heavy atom. The second kappa shape index (κ2) is 10.6. The van der Waals surface area contributed by atoms with E-state index in [4.69, 9.17) is 4.74 Å². The van der Waals surface area contributed by atoms with Crippen molar-refractivity contribution in [1.82, 2.24) is 4.57 Å². The number of ketones is 1. The molecule has 4 aromatic rings. The van der Waals surface area contributed by atoms with E-state index in [0.717, 1.165) is 16.7 Å². The van der Waals surface area contributed by atoms with Gasteiger partial charge in [-0.2, -0.15) is 0 Å². The standard InChI is InChI=1S/C30H28F3NO5/c1-18-8-10-22(11-9-18)27(35)26-19(2)34(25-15-23(12-13-24(25)26)39-30(31,32)33)16-20-6-5-7-21(14-20)17-38-29(3,4)28(36)37/h5-15H,16-17H2,1-4H3,(H,36,37). The fourth-order valence-electron chi connectivity index (χ4n) is 4.32. The summed E-state index contributed by atoms with van der Waals surface area (Å²) in [5.41, 5.74) is 3.02. The molecule has 0 radical (unpaired) electrons. The molecular weight excluding hydrogens is 511 g/mol. The van der Waals surface area contributed by atoms with Gasteiger partial charge in [-0.05, 0) is 51.0 Å². The monoisotopic (exact) mass is 539 g/mol. The predicted octanol–water partition coefficient (Wildman–Crippen LogP) is 6.82. The van der Waals surface area contributed by atoms with Gasteiger partial charge in [0.05, 0.1) is 17.7 Å². The van der Waals surface area contributed by atoms with Gasteiger partial charge in [0, 0.05) is 29.3 Å². The molecule has 1 heterocycles. The molecule has 0 amide bonds. The molecule has 4 rings (SSSR count). The normalized spacial score (nSPS) is 12.1. The second-order valence-corrected chi connectivity index (χ2v) is 9.89. The zero-order chi connectivity index (χ0) is 28.5. The first kappa shape index (κ1) is 27.9. The third kappa shape index (κ3) is 6.31. The molecule has 0 aliphatic carbocycles. The summed E-state index contributed by atoms with van der Waals surface area (Å²) >= 11 is 0. The van der Waals surface area contributed by atoms with Gasteiger partial charge in [-0.25, -0.2) is 4.79 Å². The smallest absolute Gasteiger partial charge is 0.479 e. The van der Waals surface area contributed by atoms with E-state index >= 15 is 0 Å². The molecule has 1 N–H and O–H groups in total. The van der Waals surface area contributed by atoms with E-state index in [0.29, 0.717) is 27.7 Å². The summed E-state index contributed by atoms with van der Waals surface area (Å²) in [4.78, 5) is 24.9.